The minimum absolute atomic E-state index is 0.0934. The molecule has 0 unspecified atom stereocenters. The molecule has 1 aliphatic rings. The number of benzene rings is 1. The Morgan fingerprint density at radius 2 is 1.92 bits per heavy atom. The third kappa shape index (κ3) is 5.93. The number of ether oxygens (including phenoxy) is 2. The molecule has 0 saturated carbocycles. The molecule has 0 aliphatic carbocycles. The van der Waals surface area contributed by atoms with Gasteiger partial charge in [-0.15, -0.1) is 0 Å². The Hall–Kier alpha value is -2.24. The maximum Gasteiger partial charge on any atom is 0.317 e. The van der Waals surface area contributed by atoms with Gasteiger partial charge in [0.1, 0.15) is 5.75 Å². The average molecular weight is 362 g/mol. The predicted molar refractivity (Wildman–Crippen MR) is 99.9 cm³/mol. The summed E-state index contributed by atoms with van der Waals surface area (Å²) in [4.78, 5) is 25.9. The summed E-state index contributed by atoms with van der Waals surface area (Å²) in [6.07, 6.45) is 1.31. The second-order valence-corrected chi connectivity index (χ2v) is 6.98. The molecule has 1 heterocycles. The van der Waals surface area contributed by atoms with Crippen molar-refractivity contribution in [2.45, 2.75) is 40.2 Å². The number of carbonyl (C=O) groups excluding carboxylic acids is 2. The van der Waals surface area contributed by atoms with E-state index >= 15 is 0 Å². The summed E-state index contributed by atoms with van der Waals surface area (Å²) in [7, 11) is 0. The van der Waals surface area contributed by atoms with Crippen LogP contribution >= 0.6 is 0 Å². The molecule has 0 bridgehead atoms. The van der Waals surface area contributed by atoms with Crippen LogP contribution in [-0.2, 0) is 16.1 Å². The van der Waals surface area contributed by atoms with Crippen LogP contribution < -0.4 is 10.1 Å². The van der Waals surface area contributed by atoms with Crippen molar-refractivity contribution in [2.75, 3.05) is 26.3 Å². The molecular weight excluding hydrogens is 332 g/mol. The fourth-order valence-corrected chi connectivity index (χ4v) is 2.91. The second-order valence-electron chi connectivity index (χ2n) is 6.98. The third-order valence-corrected chi connectivity index (χ3v) is 4.38. The lowest BCUT2D eigenvalue weighted by molar-refractivity contribution is -0.149. The maximum atomic E-state index is 12.4. The largest absolute Gasteiger partial charge is 0.493 e. The van der Waals surface area contributed by atoms with Crippen molar-refractivity contribution in [2.24, 2.45) is 11.8 Å². The summed E-state index contributed by atoms with van der Waals surface area (Å²) in [5, 5.41) is 2.96. The normalized spacial score (nSPS) is 15.0. The van der Waals surface area contributed by atoms with Gasteiger partial charge in [-0.1, -0.05) is 32.0 Å². The molecule has 1 saturated heterocycles. The van der Waals surface area contributed by atoms with E-state index in [1.807, 2.05) is 31.2 Å². The second kappa shape index (κ2) is 10.0. The standard InChI is InChI=1S/C20H30N2O4/c1-4-25-19(23)16-9-11-22(12-10-16)20(24)21-13-17-7-5-6-8-18(17)26-14-15(2)3/h5-8,15-16H,4,9-14H2,1-3H3,(H,21,24). The first kappa shape index (κ1) is 20.1. The summed E-state index contributed by atoms with van der Waals surface area (Å²) < 4.78 is 10.9. The van der Waals surface area contributed by atoms with Gasteiger partial charge in [-0.05, 0) is 31.7 Å². The van der Waals surface area contributed by atoms with Crippen LogP contribution in [0.3, 0.4) is 0 Å². The number of urea groups is 1. The molecule has 1 aromatic rings. The number of hydrogen-bond acceptors (Lipinski definition) is 4. The Labute approximate surface area is 155 Å². The third-order valence-electron chi connectivity index (χ3n) is 4.38. The van der Waals surface area contributed by atoms with Gasteiger partial charge in [-0.2, -0.15) is 0 Å². The maximum absolute atomic E-state index is 12.4. The van der Waals surface area contributed by atoms with Crippen LogP contribution in [0.2, 0.25) is 0 Å². The van der Waals surface area contributed by atoms with Gasteiger partial charge in [0.2, 0.25) is 0 Å². The zero-order chi connectivity index (χ0) is 18.9. The number of rotatable bonds is 7. The Kier molecular flexibility index (Phi) is 7.75. The van der Waals surface area contributed by atoms with Crippen molar-refractivity contribution in [3.05, 3.63) is 29.8 Å². The first-order valence-corrected chi connectivity index (χ1v) is 9.41. The van der Waals surface area contributed by atoms with Crippen LogP contribution in [0, 0.1) is 11.8 Å². The molecule has 0 atom stereocenters. The Bertz CT molecular complexity index is 595. The zero-order valence-corrected chi connectivity index (χ0v) is 16.0. The van der Waals surface area contributed by atoms with E-state index in [0.29, 0.717) is 51.6 Å². The van der Waals surface area contributed by atoms with E-state index in [2.05, 4.69) is 19.2 Å². The quantitative estimate of drug-likeness (QED) is 0.757. The molecule has 1 aromatic carbocycles. The number of carbonyl (C=O) groups is 2. The molecule has 1 aliphatic heterocycles. The van der Waals surface area contributed by atoms with E-state index in [0.717, 1.165) is 11.3 Å². The van der Waals surface area contributed by atoms with Crippen molar-refractivity contribution in [3.8, 4) is 5.75 Å². The number of hydrogen-bond donors (Lipinski definition) is 1. The molecular formula is C20H30N2O4. The van der Waals surface area contributed by atoms with Gasteiger partial charge in [0.05, 0.1) is 19.1 Å². The highest BCUT2D eigenvalue weighted by Gasteiger charge is 2.28. The van der Waals surface area contributed by atoms with E-state index in [9.17, 15) is 9.59 Å². The highest BCUT2D eigenvalue weighted by Crippen LogP contribution is 2.20. The molecule has 2 rings (SSSR count). The summed E-state index contributed by atoms with van der Waals surface area (Å²) in [5.41, 5.74) is 0.961. The summed E-state index contributed by atoms with van der Waals surface area (Å²) in [6, 6.07) is 7.65. The molecule has 0 aromatic heterocycles. The van der Waals surface area contributed by atoms with E-state index in [1.165, 1.54) is 0 Å². The number of nitrogens with one attached hydrogen (secondary N) is 1. The van der Waals surface area contributed by atoms with Gasteiger partial charge in [-0.25, -0.2) is 4.79 Å². The average Bonchev–Trinajstić information content (AvgIpc) is 2.65. The van der Waals surface area contributed by atoms with E-state index in [4.69, 9.17) is 9.47 Å². The van der Waals surface area contributed by atoms with Crippen LogP contribution in [0.15, 0.2) is 24.3 Å². The van der Waals surface area contributed by atoms with Gasteiger partial charge in [0, 0.05) is 25.2 Å². The lowest BCUT2D eigenvalue weighted by atomic mass is 9.97. The number of para-hydroxylation sites is 1. The van der Waals surface area contributed by atoms with Crippen LogP contribution in [0.5, 0.6) is 5.75 Å². The number of amides is 2. The highest BCUT2D eigenvalue weighted by molar-refractivity contribution is 5.76. The van der Waals surface area contributed by atoms with Crippen molar-refractivity contribution in [1.82, 2.24) is 10.2 Å². The van der Waals surface area contributed by atoms with Crippen LogP contribution in [0.4, 0.5) is 4.79 Å². The molecule has 0 radical (unpaired) electrons. The van der Waals surface area contributed by atoms with Crippen molar-refractivity contribution in [1.29, 1.82) is 0 Å². The number of nitrogens with zero attached hydrogens (tertiary/aromatic N) is 1. The molecule has 1 fully saturated rings. The smallest absolute Gasteiger partial charge is 0.317 e. The Balaban J connectivity index is 1.82. The van der Waals surface area contributed by atoms with Crippen molar-refractivity contribution in [3.63, 3.8) is 0 Å². The molecule has 6 heteroatoms. The molecule has 6 nitrogen and oxygen atoms in total. The van der Waals surface area contributed by atoms with Gasteiger partial charge < -0.3 is 19.7 Å². The van der Waals surface area contributed by atoms with E-state index < -0.39 is 0 Å². The summed E-state index contributed by atoms with van der Waals surface area (Å²) in [5.74, 6) is 1.01. The van der Waals surface area contributed by atoms with Crippen molar-refractivity contribution < 1.29 is 19.1 Å². The van der Waals surface area contributed by atoms with Gasteiger partial charge in [-0.3, -0.25) is 4.79 Å². The predicted octanol–water partition coefficient (Wildman–Crippen LogP) is 3.21. The van der Waals surface area contributed by atoms with Gasteiger partial charge >= 0.3 is 12.0 Å². The number of esters is 1. The molecule has 2 amide bonds. The summed E-state index contributed by atoms with van der Waals surface area (Å²) in [6.45, 7) is 8.62. The lowest BCUT2D eigenvalue weighted by Gasteiger charge is -2.31. The van der Waals surface area contributed by atoms with Gasteiger partial charge in [0.25, 0.3) is 0 Å². The zero-order valence-electron chi connectivity index (χ0n) is 16.0. The fraction of sp³-hybridized carbons (Fsp3) is 0.600. The van der Waals surface area contributed by atoms with Crippen LogP contribution in [-0.4, -0.2) is 43.2 Å². The van der Waals surface area contributed by atoms with Crippen molar-refractivity contribution >= 4 is 12.0 Å². The highest BCUT2D eigenvalue weighted by atomic mass is 16.5. The topological polar surface area (TPSA) is 67.9 Å². The van der Waals surface area contributed by atoms with Gasteiger partial charge in [0.15, 0.2) is 0 Å². The molecule has 144 valence electrons. The molecule has 26 heavy (non-hydrogen) atoms. The SMILES string of the molecule is CCOC(=O)C1CCN(C(=O)NCc2ccccc2OCC(C)C)CC1. The first-order valence-electron chi connectivity index (χ1n) is 9.41. The van der Waals surface area contributed by atoms with Crippen LogP contribution in [0.1, 0.15) is 39.2 Å². The minimum Gasteiger partial charge on any atom is -0.493 e. The Morgan fingerprint density at radius 3 is 2.58 bits per heavy atom. The monoisotopic (exact) mass is 362 g/mol. The summed E-state index contributed by atoms with van der Waals surface area (Å²) >= 11 is 0. The minimum atomic E-state index is -0.149. The fourth-order valence-electron chi connectivity index (χ4n) is 2.91. The molecule has 0 spiro atoms. The van der Waals surface area contributed by atoms with E-state index in [1.54, 1.807) is 4.90 Å². The number of piperidine rings is 1. The number of likely N-dealkylation sites (tertiary alicyclic amines) is 1. The van der Waals surface area contributed by atoms with Crippen LogP contribution in [0.25, 0.3) is 0 Å². The van der Waals surface area contributed by atoms with E-state index in [-0.39, 0.29) is 17.9 Å². The lowest BCUT2D eigenvalue weighted by Crippen LogP contribution is -2.45. The molecule has 1 N–H and O–H groups in total. The Morgan fingerprint density at radius 1 is 1.23 bits per heavy atom. The first-order chi connectivity index (χ1) is 12.5.